The van der Waals surface area contributed by atoms with E-state index in [1.165, 1.54) is 13.3 Å². The molecule has 0 aliphatic rings. The van der Waals surface area contributed by atoms with Crippen LogP contribution in [-0.4, -0.2) is 25.1 Å². The molecular weight excluding hydrogens is 533 g/mol. The Morgan fingerprint density at radius 1 is 1.03 bits per heavy atom. The van der Waals surface area contributed by atoms with Gasteiger partial charge in [0.15, 0.2) is 11.5 Å². The van der Waals surface area contributed by atoms with Crippen molar-refractivity contribution in [2.45, 2.75) is 6.61 Å². The normalized spacial score (nSPS) is 10.7. The fourth-order valence-corrected chi connectivity index (χ4v) is 3.63. The molecule has 170 valence electrons. The molecular formula is C23H18BrCl2N3O4. The molecule has 7 nitrogen and oxygen atoms in total. The van der Waals surface area contributed by atoms with Crippen LogP contribution < -0.4 is 20.2 Å². The highest BCUT2D eigenvalue weighted by Crippen LogP contribution is 2.37. The number of rotatable bonds is 7. The Hall–Kier alpha value is -3.07. The number of hydrogen-bond donors (Lipinski definition) is 2. The fraction of sp³-hybridized carbons (Fsp3) is 0.0870. The molecule has 3 rings (SSSR count). The number of ether oxygens (including phenoxy) is 2. The summed E-state index contributed by atoms with van der Waals surface area (Å²) in [6.07, 6.45) is 1.37. The van der Waals surface area contributed by atoms with Gasteiger partial charge in [-0.2, -0.15) is 5.10 Å². The molecule has 0 fully saturated rings. The van der Waals surface area contributed by atoms with Gasteiger partial charge in [-0.25, -0.2) is 5.43 Å². The van der Waals surface area contributed by atoms with Crippen LogP contribution in [0.1, 0.15) is 11.1 Å². The maximum absolute atomic E-state index is 12.0. The second-order valence-corrected chi connectivity index (χ2v) is 8.22. The Kier molecular flexibility index (Phi) is 8.71. The van der Waals surface area contributed by atoms with Crippen LogP contribution in [0.4, 0.5) is 5.69 Å². The smallest absolute Gasteiger partial charge is 0.329 e. The number of hydrogen-bond acceptors (Lipinski definition) is 5. The molecule has 10 heteroatoms. The van der Waals surface area contributed by atoms with Crippen LogP contribution >= 0.6 is 39.1 Å². The molecule has 0 heterocycles. The van der Waals surface area contributed by atoms with Gasteiger partial charge in [0.2, 0.25) is 0 Å². The Balaban J connectivity index is 1.64. The number of amides is 2. The van der Waals surface area contributed by atoms with Crippen molar-refractivity contribution in [3.05, 3.63) is 86.3 Å². The van der Waals surface area contributed by atoms with Crippen LogP contribution in [0.25, 0.3) is 0 Å². The molecule has 0 aliphatic heterocycles. The van der Waals surface area contributed by atoms with E-state index in [9.17, 15) is 9.59 Å². The first kappa shape index (κ1) is 24.6. The maximum atomic E-state index is 12.0. The summed E-state index contributed by atoms with van der Waals surface area (Å²) in [5.41, 5.74) is 3.92. The Morgan fingerprint density at radius 3 is 2.42 bits per heavy atom. The van der Waals surface area contributed by atoms with Gasteiger partial charge < -0.3 is 14.8 Å². The van der Waals surface area contributed by atoms with Crippen LogP contribution in [0.2, 0.25) is 10.0 Å². The van der Waals surface area contributed by atoms with Gasteiger partial charge in [-0.05, 0) is 51.8 Å². The van der Waals surface area contributed by atoms with E-state index in [-0.39, 0.29) is 6.61 Å². The zero-order chi connectivity index (χ0) is 23.8. The third-order valence-electron chi connectivity index (χ3n) is 4.29. The molecule has 0 aliphatic carbocycles. The number of hydrazone groups is 1. The summed E-state index contributed by atoms with van der Waals surface area (Å²) in [4.78, 5) is 24.0. The number of carbonyl (C=O) groups excluding carboxylic acids is 2. The van der Waals surface area contributed by atoms with Crippen molar-refractivity contribution < 1.29 is 19.1 Å². The van der Waals surface area contributed by atoms with Crippen molar-refractivity contribution in [2.75, 3.05) is 12.4 Å². The predicted octanol–water partition coefficient (Wildman–Crippen LogP) is 5.43. The molecule has 2 N–H and O–H groups in total. The molecule has 0 saturated heterocycles. The molecule has 3 aromatic rings. The van der Waals surface area contributed by atoms with Crippen LogP contribution in [0.3, 0.4) is 0 Å². The van der Waals surface area contributed by atoms with Crippen molar-refractivity contribution in [2.24, 2.45) is 5.10 Å². The highest BCUT2D eigenvalue weighted by Gasteiger charge is 2.15. The summed E-state index contributed by atoms with van der Waals surface area (Å²) in [5.74, 6) is -0.919. The third-order valence-corrected chi connectivity index (χ3v) is 5.58. The molecule has 33 heavy (non-hydrogen) atoms. The molecule has 0 spiro atoms. The largest absolute Gasteiger partial charge is 0.493 e. The van der Waals surface area contributed by atoms with Gasteiger partial charge in [-0.15, -0.1) is 0 Å². The number of nitrogens with one attached hydrogen (secondary N) is 2. The summed E-state index contributed by atoms with van der Waals surface area (Å²) in [6, 6.07) is 17.3. The average molecular weight is 551 g/mol. The SMILES string of the molecule is COc1cc(/C=N/NC(=O)C(=O)Nc2ccccc2Cl)cc(Br)c1OCc1ccccc1Cl. The Morgan fingerprint density at radius 2 is 1.73 bits per heavy atom. The van der Waals surface area contributed by atoms with Crippen LogP contribution in [-0.2, 0) is 16.2 Å². The van der Waals surface area contributed by atoms with Crippen molar-refractivity contribution in [3.63, 3.8) is 0 Å². The lowest BCUT2D eigenvalue weighted by Crippen LogP contribution is -2.32. The average Bonchev–Trinajstić information content (AvgIpc) is 2.80. The zero-order valence-corrected chi connectivity index (χ0v) is 20.4. The van der Waals surface area contributed by atoms with Crippen LogP contribution in [0, 0.1) is 0 Å². The number of anilines is 1. The number of halogens is 3. The first-order valence-electron chi connectivity index (χ1n) is 9.51. The first-order valence-corrected chi connectivity index (χ1v) is 11.1. The van der Waals surface area contributed by atoms with E-state index in [0.717, 1.165) is 5.56 Å². The number of methoxy groups -OCH3 is 1. The Bertz CT molecular complexity index is 1200. The summed E-state index contributed by atoms with van der Waals surface area (Å²) in [5, 5.41) is 7.16. The van der Waals surface area contributed by atoms with E-state index >= 15 is 0 Å². The second kappa shape index (κ2) is 11.7. The third kappa shape index (κ3) is 6.71. The van der Waals surface area contributed by atoms with Gasteiger partial charge in [0, 0.05) is 10.6 Å². The molecule has 0 atom stereocenters. The van der Waals surface area contributed by atoms with Gasteiger partial charge in [-0.3, -0.25) is 9.59 Å². The lowest BCUT2D eigenvalue weighted by atomic mass is 10.2. The molecule has 0 unspecified atom stereocenters. The summed E-state index contributed by atoms with van der Waals surface area (Å²) < 4.78 is 11.9. The molecule has 0 aromatic heterocycles. The lowest BCUT2D eigenvalue weighted by molar-refractivity contribution is -0.136. The van der Waals surface area contributed by atoms with Crippen molar-refractivity contribution in [3.8, 4) is 11.5 Å². The molecule has 2 amide bonds. The highest BCUT2D eigenvalue weighted by atomic mass is 79.9. The standard InChI is InChI=1S/C23H18BrCl2N3O4/c1-32-20-11-14(10-16(24)21(20)33-13-15-6-2-3-7-17(15)25)12-27-29-23(31)22(30)28-19-9-5-4-8-18(19)26/h2-12H,13H2,1H3,(H,28,30)(H,29,31)/b27-12+. The van der Waals surface area contributed by atoms with E-state index in [0.29, 0.717) is 37.3 Å². The quantitative estimate of drug-likeness (QED) is 0.233. The molecule has 0 bridgehead atoms. The van der Waals surface area contributed by atoms with Gasteiger partial charge in [0.25, 0.3) is 0 Å². The predicted molar refractivity (Wildman–Crippen MR) is 132 cm³/mol. The molecule has 3 aromatic carbocycles. The summed E-state index contributed by atoms with van der Waals surface area (Å²) in [6.45, 7) is 0.249. The molecule has 0 saturated carbocycles. The van der Waals surface area contributed by atoms with Gasteiger partial charge in [0.1, 0.15) is 6.61 Å². The van der Waals surface area contributed by atoms with E-state index < -0.39 is 11.8 Å². The second-order valence-electron chi connectivity index (χ2n) is 6.55. The maximum Gasteiger partial charge on any atom is 0.329 e. The molecule has 0 radical (unpaired) electrons. The van der Waals surface area contributed by atoms with Crippen molar-refractivity contribution in [1.29, 1.82) is 0 Å². The van der Waals surface area contributed by atoms with Crippen LogP contribution in [0.15, 0.2) is 70.2 Å². The van der Waals surface area contributed by atoms with Gasteiger partial charge in [0.05, 0.1) is 28.5 Å². The first-order chi connectivity index (χ1) is 15.9. The minimum Gasteiger partial charge on any atom is -0.493 e. The minimum absolute atomic E-state index is 0.249. The van der Waals surface area contributed by atoms with Gasteiger partial charge in [-0.1, -0.05) is 53.5 Å². The minimum atomic E-state index is -0.947. The van der Waals surface area contributed by atoms with E-state index in [1.807, 2.05) is 18.2 Å². The van der Waals surface area contributed by atoms with Crippen molar-refractivity contribution >= 4 is 62.8 Å². The van der Waals surface area contributed by atoms with E-state index in [4.69, 9.17) is 32.7 Å². The Labute approximate surface area is 208 Å². The summed E-state index contributed by atoms with van der Waals surface area (Å²) >= 11 is 15.6. The lowest BCUT2D eigenvalue weighted by Gasteiger charge is -2.14. The van der Waals surface area contributed by atoms with E-state index in [2.05, 4.69) is 31.8 Å². The fourth-order valence-electron chi connectivity index (χ4n) is 2.68. The summed E-state index contributed by atoms with van der Waals surface area (Å²) in [7, 11) is 1.51. The van der Waals surface area contributed by atoms with Crippen molar-refractivity contribution in [1.82, 2.24) is 5.43 Å². The number of benzene rings is 3. The zero-order valence-electron chi connectivity index (χ0n) is 17.3. The highest BCUT2D eigenvalue weighted by molar-refractivity contribution is 9.10. The van der Waals surface area contributed by atoms with E-state index in [1.54, 1.807) is 42.5 Å². The number of nitrogens with zero attached hydrogens (tertiary/aromatic N) is 1. The number of carbonyl (C=O) groups is 2. The van der Waals surface area contributed by atoms with Gasteiger partial charge >= 0.3 is 11.8 Å². The monoisotopic (exact) mass is 549 g/mol. The van der Waals surface area contributed by atoms with Crippen LogP contribution in [0.5, 0.6) is 11.5 Å². The topological polar surface area (TPSA) is 89.0 Å². The number of para-hydroxylation sites is 1.